The van der Waals surface area contributed by atoms with Crippen molar-refractivity contribution in [3.8, 4) is 0 Å². The van der Waals surface area contributed by atoms with Gasteiger partial charge in [0, 0.05) is 0 Å². The first-order valence-corrected chi connectivity index (χ1v) is 13.5. The summed E-state index contributed by atoms with van der Waals surface area (Å²) in [4.78, 5) is 0. The number of rotatable bonds is 3. The smallest absolute Gasteiger partial charge is 0.0577 e. The van der Waals surface area contributed by atoms with Crippen LogP contribution in [0.1, 0.15) is 104 Å². The van der Waals surface area contributed by atoms with Crippen LogP contribution in [0.4, 0.5) is 0 Å². The molecule has 5 aliphatic carbocycles. The molecule has 4 fully saturated rings. The topological polar surface area (TPSA) is 20.2 Å². The second-order valence-corrected chi connectivity index (χ2v) is 12.5. The van der Waals surface area contributed by atoms with E-state index in [1.54, 1.807) is 5.57 Å². The van der Waals surface area contributed by atoms with Crippen LogP contribution in [0.2, 0.25) is 0 Å². The third-order valence-corrected chi connectivity index (χ3v) is 11.1. The van der Waals surface area contributed by atoms with Crippen LogP contribution in [0.25, 0.3) is 0 Å². The van der Waals surface area contributed by atoms with Gasteiger partial charge in [-0.1, -0.05) is 63.8 Å². The Kier molecular flexibility index (Phi) is 5.74. The Morgan fingerprint density at radius 2 is 1.77 bits per heavy atom. The van der Waals surface area contributed by atoms with Gasteiger partial charge in [-0.25, -0.2) is 0 Å². The van der Waals surface area contributed by atoms with Crippen LogP contribution in [0, 0.1) is 46.3 Å². The van der Waals surface area contributed by atoms with Crippen LogP contribution in [0.3, 0.4) is 0 Å². The molecule has 0 aromatic rings. The molecular formula is C29H46O. The Morgan fingerprint density at radius 1 is 0.967 bits per heavy atom. The van der Waals surface area contributed by atoms with Gasteiger partial charge in [-0.05, 0) is 111 Å². The Morgan fingerprint density at radius 3 is 2.57 bits per heavy atom. The number of aliphatic hydroxyl groups is 1. The van der Waals surface area contributed by atoms with Gasteiger partial charge in [0.25, 0.3) is 0 Å². The SMILES string of the molecule is C[C@H](/C=C/C1CCCCC1)[C@H]1CC[C@H]2[C@@H]3CC=C4C[C@@H](O)CC[C@]4(C)[C@H]3CC[C@]12C. The van der Waals surface area contributed by atoms with Crippen LogP contribution in [0.5, 0.6) is 0 Å². The van der Waals surface area contributed by atoms with Crippen molar-refractivity contribution in [2.24, 2.45) is 46.3 Å². The Labute approximate surface area is 185 Å². The maximum absolute atomic E-state index is 10.2. The molecule has 0 heterocycles. The molecule has 0 radical (unpaired) electrons. The molecule has 1 N–H and O–H groups in total. The van der Waals surface area contributed by atoms with E-state index in [0.29, 0.717) is 10.8 Å². The average Bonchev–Trinajstić information content (AvgIpc) is 3.10. The molecule has 0 bridgehead atoms. The van der Waals surface area contributed by atoms with Gasteiger partial charge in [-0.15, -0.1) is 0 Å². The summed E-state index contributed by atoms with van der Waals surface area (Å²) >= 11 is 0. The fourth-order valence-electron chi connectivity index (χ4n) is 9.34. The lowest BCUT2D eigenvalue weighted by atomic mass is 9.47. The summed E-state index contributed by atoms with van der Waals surface area (Å²) in [6.45, 7) is 7.78. The van der Waals surface area contributed by atoms with Gasteiger partial charge >= 0.3 is 0 Å². The van der Waals surface area contributed by atoms with E-state index in [9.17, 15) is 5.11 Å². The predicted octanol–water partition coefficient (Wildman–Crippen LogP) is 7.70. The highest BCUT2D eigenvalue weighted by atomic mass is 16.3. The van der Waals surface area contributed by atoms with Gasteiger partial charge < -0.3 is 5.11 Å². The third kappa shape index (κ3) is 3.46. The zero-order valence-electron chi connectivity index (χ0n) is 19.9. The second kappa shape index (κ2) is 8.09. The Hall–Kier alpha value is -0.560. The molecule has 0 aromatic heterocycles. The van der Waals surface area contributed by atoms with Crippen molar-refractivity contribution in [2.75, 3.05) is 0 Å². The van der Waals surface area contributed by atoms with E-state index >= 15 is 0 Å². The predicted molar refractivity (Wildman–Crippen MR) is 126 cm³/mol. The number of aliphatic hydroxyl groups excluding tert-OH is 1. The first kappa shape index (κ1) is 21.3. The minimum Gasteiger partial charge on any atom is -0.393 e. The Bertz CT molecular complexity index is 684. The van der Waals surface area contributed by atoms with Gasteiger partial charge in [-0.3, -0.25) is 0 Å². The molecule has 0 unspecified atom stereocenters. The van der Waals surface area contributed by atoms with Crippen molar-refractivity contribution in [3.05, 3.63) is 23.8 Å². The molecule has 168 valence electrons. The largest absolute Gasteiger partial charge is 0.393 e. The summed E-state index contributed by atoms with van der Waals surface area (Å²) < 4.78 is 0. The highest BCUT2D eigenvalue weighted by Gasteiger charge is 2.58. The summed E-state index contributed by atoms with van der Waals surface area (Å²) in [6, 6.07) is 0. The lowest BCUT2D eigenvalue weighted by Crippen LogP contribution is -2.50. The third-order valence-electron chi connectivity index (χ3n) is 11.1. The molecule has 1 heteroatoms. The molecule has 0 amide bonds. The number of allylic oxidation sites excluding steroid dienone is 3. The van der Waals surface area contributed by atoms with E-state index in [2.05, 4.69) is 39.0 Å². The first-order chi connectivity index (χ1) is 14.4. The molecule has 0 aliphatic heterocycles. The summed E-state index contributed by atoms with van der Waals surface area (Å²) in [5, 5.41) is 10.2. The zero-order valence-corrected chi connectivity index (χ0v) is 19.9. The molecule has 1 nitrogen and oxygen atoms in total. The standard InChI is InChI=1S/C29H46O/c1-20(9-10-21-7-5-4-6-8-21)25-13-14-26-24-12-11-22-19-23(30)15-17-28(22,2)27(24)16-18-29(25,26)3/h9-11,20-21,23-27,30H,4-8,12-19H2,1-3H3/b10-9+/t20-,23+,24+,25-,26+,27+,28+,29-/m1/s1. The van der Waals surface area contributed by atoms with Crippen molar-refractivity contribution in [1.82, 2.24) is 0 Å². The fraction of sp³-hybridized carbons (Fsp3) is 0.862. The summed E-state index contributed by atoms with van der Waals surface area (Å²) in [6.07, 6.45) is 25.2. The van der Waals surface area contributed by atoms with Crippen molar-refractivity contribution in [1.29, 1.82) is 0 Å². The Balaban J connectivity index is 1.32. The van der Waals surface area contributed by atoms with Crippen molar-refractivity contribution in [2.45, 2.75) is 110 Å². The van der Waals surface area contributed by atoms with Gasteiger partial charge in [0.05, 0.1) is 6.10 Å². The minimum absolute atomic E-state index is 0.0811. The summed E-state index contributed by atoms with van der Waals surface area (Å²) in [5.41, 5.74) is 2.55. The minimum atomic E-state index is -0.0811. The molecular weight excluding hydrogens is 364 g/mol. The van der Waals surface area contributed by atoms with Gasteiger partial charge in [0.1, 0.15) is 0 Å². The molecule has 0 spiro atoms. The van der Waals surface area contributed by atoms with Crippen LogP contribution in [-0.4, -0.2) is 11.2 Å². The van der Waals surface area contributed by atoms with Crippen LogP contribution >= 0.6 is 0 Å². The lowest BCUT2D eigenvalue weighted by molar-refractivity contribution is -0.0540. The van der Waals surface area contributed by atoms with Gasteiger partial charge in [0.2, 0.25) is 0 Å². The van der Waals surface area contributed by atoms with E-state index in [1.165, 1.54) is 70.6 Å². The molecule has 8 atom stereocenters. The van der Waals surface area contributed by atoms with E-state index in [4.69, 9.17) is 0 Å². The van der Waals surface area contributed by atoms with Crippen molar-refractivity contribution in [3.63, 3.8) is 0 Å². The van der Waals surface area contributed by atoms with Gasteiger partial charge in [-0.2, -0.15) is 0 Å². The van der Waals surface area contributed by atoms with E-state index in [1.807, 2.05) is 0 Å². The van der Waals surface area contributed by atoms with Crippen LogP contribution < -0.4 is 0 Å². The average molecular weight is 411 g/mol. The van der Waals surface area contributed by atoms with Crippen LogP contribution in [0.15, 0.2) is 23.8 Å². The molecule has 0 saturated heterocycles. The number of fused-ring (bicyclic) bond motifs is 5. The molecule has 30 heavy (non-hydrogen) atoms. The van der Waals surface area contributed by atoms with E-state index < -0.39 is 0 Å². The highest BCUT2D eigenvalue weighted by Crippen LogP contribution is 2.67. The molecule has 4 saturated carbocycles. The summed E-state index contributed by atoms with van der Waals surface area (Å²) in [7, 11) is 0. The molecule has 5 aliphatic rings. The normalized spacial score (nSPS) is 48.0. The van der Waals surface area contributed by atoms with Crippen LogP contribution in [-0.2, 0) is 0 Å². The monoisotopic (exact) mass is 410 g/mol. The molecule has 5 rings (SSSR count). The maximum Gasteiger partial charge on any atom is 0.0577 e. The van der Waals surface area contributed by atoms with E-state index in [0.717, 1.165) is 48.3 Å². The molecule has 0 aromatic carbocycles. The highest BCUT2D eigenvalue weighted by molar-refractivity contribution is 5.25. The summed E-state index contributed by atoms with van der Waals surface area (Å²) in [5.74, 6) is 5.18. The lowest BCUT2D eigenvalue weighted by Gasteiger charge is -2.58. The number of hydrogen-bond donors (Lipinski definition) is 1. The number of hydrogen-bond acceptors (Lipinski definition) is 1. The maximum atomic E-state index is 10.2. The fourth-order valence-corrected chi connectivity index (χ4v) is 9.34. The zero-order chi connectivity index (χ0) is 20.9. The quantitative estimate of drug-likeness (QED) is 0.473. The van der Waals surface area contributed by atoms with E-state index in [-0.39, 0.29) is 6.10 Å². The first-order valence-electron chi connectivity index (χ1n) is 13.5. The van der Waals surface area contributed by atoms with Crippen molar-refractivity contribution < 1.29 is 5.11 Å². The van der Waals surface area contributed by atoms with Crippen molar-refractivity contribution >= 4 is 0 Å². The second-order valence-electron chi connectivity index (χ2n) is 12.5. The van der Waals surface area contributed by atoms with Gasteiger partial charge in [0.15, 0.2) is 0 Å².